The van der Waals surface area contributed by atoms with E-state index in [0.29, 0.717) is 0 Å². The first-order valence-corrected chi connectivity index (χ1v) is 7.46. The van der Waals surface area contributed by atoms with Crippen LogP contribution >= 0.6 is 15.9 Å². The normalized spacial score (nSPS) is 14.4. The van der Waals surface area contributed by atoms with Crippen molar-refractivity contribution in [3.05, 3.63) is 69.9 Å². The highest BCUT2D eigenvalue weighted by Gasteiger charge is 2.29. The van der Waals surface area contributed by atoms with Gasteiger partial charge >= 0.3 is 0 Å². The number of aliphatic hydroxyl groups excluding tert-OH is 1. The van der Waals surface area contributed by atoms with Crippen LogP contribution in [0.4, 0.5) is 0 Å². The van der Waals surface area contributed by atoms with E-state index in [9.17, 15) is 14.7 Å². The number of carbonyl (C=O) groups excluding carboxylic acids is 2. The molecule has 0 atom stereocenters. The van der Waals surface area contributed by atoms with Crippen LogP contribution in [0.5, 0.6) is 0 Å². The number of amides is 2. The van der Waals surface area contributed by atoms with Gasteiger partial charge in [0.05, 0.1) is 5.57 Å². The van der Waals surface area contributed by atoms with Crippen molar-refractivity contribution in [3.8, 4) is 11.1 Å². The van der Waals surface area contributed by atoms with Crippen molar-refractivity contribution in [1.29, 1.82) is 0 Å². The highest BCUT2D eigenvalue weighted by atomic mass is 79.9. The summed E-state index contributed by atoms with van der Waals surface area (Å²) in [6.07, 6.45) is 0.216. The minimum Gasteiger partial charge on any atom is -0.503 e. The van der Waals surface area contributed by atoms with E-state index in [0.717, 1.165) is 21.2 Å². The maximum atomic E-state index is 11.6. The number of imide groups is 1. The van der Waals surface area contributed by atoms with Gasteiger partial charge in [-0.2, -0.15) is 0 Å². The summed E-state index contributed by atoms with van der Waals surface area (Å²) < 4.78 is 1.00. The average molecular weight is 358 g/mol. The molecule has 0 spiro atoms. The van der Waals surface area contributed by atoms with Gasteiger partial charge in [-0.05, 0) is 28.8 Å². The van der Waals surface area contributed by atoms with E-state index in [1.165, 1.54) is 0 Å². The monoisotopic (exact) mass is 357 g/mol. The van der Waals surface area contributed by atoms with E-state index in [2.05, 4.69) is 21.2 Å². The van der Waals surface area contributed by atoms with E-state index in [1.54, 1.807) is 0 Å². The molecule has 4 nitrogen and oxygen atoms in total. The van der Waals surface area contributed by atoms with Crippen molar-refractivity contribution >= 4 is 27.7 Å². The van der Waals surface area contributed by atoms with Crippen LogP contribution in [-0.2, 0) is 16.0 Å². The van der Waals surface area contributed by atoms with Crippen molar-refractivity contribution in [3.63, 3.8) is 0 Å². The van der Waals surface area contributed by atoms with Crippen molar-refractivity contribution in [2.24, 2.45) is 0 Å². The van der Waals surface area contributed by atoms with Gasteiger partial charge in [-0.25, -0.2) is 0 Å². The van der Waals surface area contributed by atoms with Gasteiger partial charge in [0.2, 0.25) is 0 Å². The largest absolute Gasteiger partial charge is 0.503 e. The molecule has 0 aliphatic carbocycles. The molecule has 0 bridgehead atoms. The number of nitrogens with one attached hydrogen (secondary N) is 1. The molecule has 2 amide bonds. The molecule has 2 aromatic carbocycles. The molecule has 0 saturated heterocycles. The summed E-state index contributed by atoms with van der Waals surface area (Å²) in [5.41, 5.74) is 3.02. The summed E-state index contributed by atoms with van der Waals surface area (Å²) in [6.45, 7) is 0. The Morgan fingerprint density at radius 2 is 1.68 bits per heavy atom. The van der Waals surface area contributed by atoms with Crippen molar-refractivity contribution in [2.75, 3.05) is 0 Å². The van der Waals surface area contributed by atoms with Gasteiger partial charge in [-0.1, -0.05) is 52.3 Å². The van der Waals surface area contributed by atoms with Gasteiger partial charge in [-0.15, -0.1) is 0 Å². The average Bonchev–Trinajstić information content (AvgIpc) is 2.75. The lowest BCUT2D eigenvalue weighted by molar-refractivity contribution is -0.125. The van der Waals surface area contributed by atoms with Gasteiger partial charge in [0.25, 0.3) is 11.8 Å². The fraction of sp³-hybridized carbons (Fsp3) is 0.0588. The van der Waals surface area contributed by atoms with E-state index in [4.69, 9.17) is 0 Å². The summed E-state index contributed by atoms with van der Waals surface area (Å²) in [6, 6.07) is 15.6. The van der Waals surface area contributed by atoms with Crippen LogP contribution in [0.3, 0.4) is 0 Å². The number of hydrogen-bond acceptors (Lipinski definition) is 3. The quantitative estimate of drug-likeness (QED) is 0.829. The van der Waals surface area contributed by atoms with Crippen LogP contribution in [0.15, 0.2) is 64.3 Å². The second-order valence-corrected chi connectivity index (χ2v) is 5.91. The highest BCUT2D eigenvalue weighted by Crippen LogP contribution is 2.24. The Morgan fingerprint density at radius 3 is 2.32 bits per heavy atom. The maximum Gasteiger partial charge on any atom is 0.293 e. The topological polar surface area (TPSA) is 66.4 Å². The zero-order chi connectivity index (χ0) is 15.7. The second-order valence-electron chi connectivity index (χ2n) is 4.99. The van der Waals surface area contributed by atoms with Gasteiger partial charge in [-0.3, -0.25) is 14.9 Å². The molecular weight excluding hydrogens is 346 g/mol. The fourth-order valence-corrected chi connectivity index (χ4v) is 2.62. The number of carbonyl (C=O) groups is 2. The Hall–Kier alpha value is -2.40. The first kappa shape index (κ1) is 14.5. The van der Waals surface area contributed by atoms with Crippen LogP contribution in [0.2, 0.25) is 0 Å². The van der Waals surface area contributed by atoms with Gasteiger partial charge in [0.1, 0.15) is 0 Å². The summed E-state index contributed by atoms with van der Waals surface area (Å²) in [7, 11) is 0. The molecule has 0 fully saturated rings. The zero-order valence-electron chi connectivity index (χ0n) is 11.5. The number of aliphatic hydroxyl groups is 1. The van der Waals surface area contributed by atoms with Crippen LogP contribution in [0, 0.1) is 0 Å². The Bertz CT molecular complexity index is 794. The van der Waals surface area contributed by atoms with E-state index in [-0.39, 0.29) is 12.0 Å². The van der Waals surface area contributed by atoms with E-state index in [1.807, 2.05) is 48.5 Å². The molecule has 2 aromatic rings. The fourth-order valence-electron chi connectivity index (χ4n) is 2.35. The zero-order valence-corrected chi connectivity index (χ0v) is 13.1. The van der Waals surface area contributed by atoms with Crippen molar-refractivity contribution < 1.29 is 14.7 Å². The van der Waals surface area contributed by atoms with Crippen molar-refractivity contribution in [1.82, 2.24) is 5.32 Å². The molecule has 1 aliphatic rings. The lowest BCUT2D eigenvalue weighted by Gasteiger charge is -2.06. The summed E-state index contributed by atoms with van der Waals surface area (Å²) >= 11 is 3.40. The van der Waals surface area contributed by atoms with Crippen molar-refractivity contribution in [2.45, 2.75) is 6.42 Å². The first-order chi connectivity index (χ1) is 10.5. The molecule has 5 heteroatoms. The number of rotatable bonds is 3. The molecule has 22 heavy (non-hydrogen) atoms. The molecule has 2 N–H and O–H groups in total. The number of benzene rings is 2. The van der Waals surface area contributed by atoms with Crippen LogP contribution in [0.1, 0.15) is 5.56 Å². The number of hydrogen-bond donors (Lipinski definition) is 2. The molecule has 0 unspecified atom stereocenters. The molecule has 1 heterocycles. The predicted octanol–water partition coefficient (Wildman–Crippen LogP) is 3.13. The van der Waals surface area contributed by atoms with Gasteiger partial charge in [0, 0.05) is 10.9 Å². The smallest absolute Gasteiger partial charge is 0.293 e. The van der Waals surface area contributed by atoms with Crippen LogP contribution in [-0.4, -0.2) is 16.9 Å². The molecule has 0 saturated carbocycles. The SMILES string of the molecule is O=C1NC(=O)C(Cc2cccc(-c3ccc(Br)cc3)c2)=C1O. The molecule has 0 aromatic heterocycles. The van der Waals surface area contributed by atoms with E-state index >= 15 is 0 Å². The Balaban J connectivity index is 1.90. The molecular formula is C17H12BrNO3. The molecule has 0 radical (unpaired) electrons. The predicted molar refractivity (Wildman–Crippen MR) is 86.1 cm³/mol. The Kier molecular flexibility index (Phi) is 3.81. The summed E-state index contributed by atoms with van der Waals surface area (Å²) in [4.78, 5) is 22.9. The lowest BCUT2D eigenvalue weighted by atomic mass is 9.99. The first-order valence-electron chi connectivity index (χ1n) is 6.67. The minimum absolute atomic E-state index is 0.109. The summed E-state index contributed by atoms with van der Waals surface area (Å²) in [5.74, 6) is -1.75. The minimum atomic E-state index is -0.732. The van der Waals surface area contributed by atoms with E-state index < -0.39 is 17.6 Å². The number of halogens is 1. The molecule has 110 valence electrons. The summed E-state index contributed by atoms with van der Waals surface area (Å²) in [5, 5.41) is 11.7. The van der Waals surface area contributed by atoms with Gasteiger partial charge < -0.3 is 5.11 Å². The van der Waals surface area contributed by atoms with Crippen LogP contribution < -0.4 is 5.32 Å². The standard InChI is InChI=1S/C17H12BrNO3/c18-13-6-4-11(5-7-13)12-3-1-2-10(8-12)9-14-15(20)17(22)19-16(14)21/h1-8H,9H2,(H2,19,20,21,22). The third-order valence-electron chi connectivity index (χ3n) is 3.49. The second kappa shape index (κ2) is 5.77. The lowest BCUT2D eigenvalue weighted by Crippen LogP contribution is -2.23. The Morgan fingerprint density at radius 1 is 0.955 bits per heavy atom. The highest BCUT2D eigenvalue weighted by molar-refractivity contribution is 9.10. The third-order valence-corrected chi connectivity index (χ3v) is 4.02. The third kappa shape index (κ3) is 2.80. The maximum absolute atomic E-state index is 11.6. The Labute approximate surface area is 135 Å². The van der Waals surface area contributed by atoms with Crippen LogP contribution in [0.25, 0.3) is 11.1 Å². The molecule has 1 aliphatic heterocycles. The van der Waals surface area contributed by atoms with Gasteiger partial charge in [0.15, 0.2) is 5.76 Å². The molecule has 3 rings (SSSR count).